The van der Waals surface area contributed by atoms with Crippen molar-refractivity contribution in [3.63, 3.8) is 0 Å². The monoisotopic (exact) mass is 276 g/mol. The minimum atomic E-state index is 0.764. The maximum Gasteiger partial charge on any atom is 0.119 e. The number of likely N-dealkylation sites (N-methyl/N-ethyl adjacent to an activating group) is 1. The van der Waals surface area contributed by atoms with E-state index in [9.17, 15) is 0 Å². The Morgan fingerprint density at radius 1 is 1.20 bits per heavy atom. The summed E-state index contributed by atoms with van der Waals surface area (Å²) in [6.07, 6.45) is 5.19. The van der Waals surface area contributed by atoms with Crippen LogP contribution in [-0.2, 0) is 6.54 Å². The highest BCUT2D eigenvalue weighted by Crippen LogP contribution is 2.19. The van der Waals surface area contributed by atoms with Gasteiger partial charge in [-0.15, -0.1) is 0 Å². The van der Waals surface area contributed by atoms with Gasteiger partial charge < -0.3 is 15.0 Å². The van der Waals surface area contributed by atoms with E-state index in [1.807, 2.05) is 0 Å². The molecule has 112 valence electrons. The first kappa shape index (κ1) is 15.3. The SMILES string of the molecule is CCCCN(C)CCOc1ccc(CNC2CC2)cc1. The third-order valence-corrected chi connectivity index (χ3v) is 3.73. The van der Waals surface area contributed by atoms with E-state index < -0.39 is 0 Å². The summed E-state index contributed by atoms with van der Waals surface area (Å²) in [7, 11) is 2.16. The van der Waals surface area contributed by atoms with E-state index >= 15 is 0 Å². The molecule has 0 saturated heterocycles. The van der Waals surface area contributed by atoms with Crippen LogP contribution in [-0.4, -0.2) is 37.7 Å². The van der Waals surface area contributed by atoms with Crippen LogP contribution < -0.4 is 10.1 Å². The van der Waals surface area contributed by atoms with Gasteiger partial charge in [0.25, 0.3) is 0 Å². The van der Waals surface area contributed by atoms with Crippen LogP contribution in [0.25, 0.3) is 0 Å². The smallest absolute Gasteiger partial charge is 0.119 e. The molecule has 2 rings (SSSR count). The molecule has 20 heavy (non-hydrogen) atoms. The number of nitrogens with one attached hydrogen (secondary N) is 1. The molecular weight excluding hydrogens is 248 g/mol. The first-order valence-corrected chi connectivity index (χ1v) is 7.91. The van der Waals surface area contributed by atoms with Gasteiger partial charge in [0.2, 0.25) is 0 Å². The summed E-state index contributed by atoms with van der Waals surface area (Å²) < 4.78 is 5.79. The van der Waals surface area contributed by atoms with Crippen molar-refractivity contribution in [2.24, 2.45) is 0 Å². The molecule has 0 heterocycles. The van der Waals surface area contributed by atoms with Crippen molar-refractivity contribution in [3.05, 3.63) is 29.8 Å². The zero-order chi connectivity index (χ0) is 14.2. The van der Waals surface area contributed by atoms with E-state index in [2.05, 4.69) is 48.5 Å². The first-order chi connectivity index (χ1) is 9.78. The van der Waals surface area contributed by atoms with E-state index in [1.165, 1.54) is 31.2 Å². The zero-order valence-corrected chi connectivity index (χ0v) is 12.9. The lowest BCUT2D eigenvalue weighted by Crippen LogP contribution is -2.25. The molecule has 0 amide bonds. The fourth-order valence-electron chi connectivity index (χ4n) is 2.11. The second kappa shape index (κ2) is 8.28. The summed E-state index contributed by atoms with van der Waals surface area (Å²) in [5.74, 6) is 0.976. The minimum Gasteiger partial charge on any atom is -0.492 e. The molecule has 3 nitrogen and oxygen atoms in total. The summed E-state index contributed by atoms with van der Waals surface area (Å²) in [5, 5.41) is 3.52. The summed E-state index contributed by atoms with van der Waals surface area (Å²) in [6.45, 7) is 6.12. The van der Waals surface area contributed by atoms with Crippen LogP contribution in [0, 0.1) is 0 Å². The molecule has 0 atom stereocenters. The number of unbranched alkanes of at least 4 members (excludes halogenated alkanes) is 1. The molecule has 0 radical (unpaired) electrons. The number of rotatable bonds is 10. The Morgan fingerprint density at radius 2 is 1.95 bits per heavy atom. The van der Waals surface area contributed by atoms with Crippen molar-refractivity contribution < 1.29 is 4.74 Å². The molecule has 0 aliphatic heterocycles. The first-order valence-electron chi connectivity index (χ1n) is 7.91. The molecule has 1 fully saturated rings. The van der Waals surface area contributed by atoms with Crippen molar-refractivity contribution in [2.75, 3.05) is 26.7 Å². The minimum absolute atomic E-state index is 0.764. The molecule has 1 aromatic rings. The summed E-state index contributed by atoms with van der Waals surface area (Å²) in [6, 6.07) is 9.24. The van der Waals surface area contributed by atoms with Gasteiger partial charge in [-0.05, 0) is 50.6 Å². The van der Waals surface area contributed by atoms with Gasteiger partial charge in [0.05, 0.1) is 0 Å². The van der Waals surface area contributed by atoms with Crippen LogP contribution in [0.4, 0.5) is 0 Å². The topological polar surface area (TPSA) is 24.5 Å². The maximum absolute atomic E-state index is 5.79. The average Bonchev–Trinajstić information content (AvgIpc) is 3.28. The van der Waals surface area contributed by atoms with Crippen LogP contribution in [0.3, 0.4) is 0 Å². The van der Waals surface area contributed by atoms with Crippen molar-refractivity contribution in [1.29, 1.82) is 0 Å². The van der Waals surface area contributed by atoms with Crippen LogP contribution in [0.5, 0.6) is 5.75 Å². The Hall–Kier alpha value is -1.06. The van der Waals surface area contributed by atoms with Gasteiger partial charge >= 0.3 is 0 Å². The van der Waals surface area contributed by atoms with Crippen molar-refractivity contribution in [3.8, 4) is 5.75 Å². The number of benzene rings is 1. The molecule has 0 unspecified atom stereocenters. The van der Waals surface area contributed by atoms with Crippen molar-refractivity contribution in [1.82, 2.24) is 10.2 Å². The average molecular weight is 276 g/mol. The predicted octanol–water partition coefficient (Wildman–Crippen LogP) is 3.05. The zero-order valence-electron chi connectivity index (χ0n) is 12.9. The van der Waals surface area contributed by atoms with E-state index in [0.717, 1.165) is 38.0 Å². The molecule has 1 saturated carbocycles. The number of ether oxygens (including phenoxy) is 1. The highest BCUT2D eigenvalue weighted by Gasteiger charge is 2.19. The van der Waals surface area contributed by atoms with Gasteiger partial charge in [-0.25, -0.2) is 0 Å². The van der Waals surface area contributed by atoms with Gasteiger partial charge in [0, 0.05) is 19.1 Å². The summed E-state index contributed by atoms with van der Waals surface area (Å²) in [5.41, 5.74) is 1.34. The van der Waals surface area contributed by atoms with Crippen LogP contribution in [0.15, 0.2) is 24.3 Å². The van der Waals surface area contributed by atoms with Gasteiger partial charge in [-0.3, -0.25) is 0 Å². The Morgan fingerprint density at radius 3 is 2.60 bits per heavy atom. The molecule has 1 aliphatic carbocycles. The van der Waals surface area contributed by atoms with Gasteiger partial charge in [0.15, 0.2) is 0 Å². The lowest BCUT2D eigenvalue weighted by molar-refractivity contribution is 0.235. The quantitative estimate of drug-likeness (QED) is 0.711. The van der Waals surface area contributed by atoms with Crippen molar-refractivity contribution >= 4 is 0 Å². The predicted molar refractivity (Wildman–Crippen MR) is 84.2 cm³/mol. The number of hydrogen-bond donors (Lipinski definition) is 1. The Kier molecular flexibility index (Phi) is 6.34. The molecule has 0 spiro atoms. The number of hydrogen-bond acceptors (Lipinski definition) is 3. The summed E-state index contributed by atoms with van der Waals surface area (Å²) in [4.78, 5) is 2.33. The highest BCUT2D eigenvalue weighted by molar-refractivity contribution is 5.27. The molecule has 1 N–H and O–H groups in total. The molecule has 3 heteroatoms. The van der Waals surface area contributed by atoms with Crippen LogP contribution >= 0.6 is 0 Å². The molecule has 1 aliphatic rings. The fraction of sp³-hybridized carbons (Fsp3) is 0.647. The van der Waals surface area contributed by atoms with E-state index in [4.69, 9.17) is 4.74 Å². The second-order valence-corrected chi connectivity index (χ2v) is 5.80. The van der Waals surface area contributed by atoms with Gasteiger partial charge in [0.1, 0.15) is 12.4 Å². The standard InChI is InChI=1S/C17H28N2O/c1-3-4-11-19(2)12-13-20-17-9-5-15(6-10-17)14-18-16-7-8-16/h5-6,9-10,16,18H,3-4,7-8,11-14H2,1-2H3. The Labute approximate surface area is 123 Å². The van der Waals surface area contributed by atoms with E-state index in [1.54, 1.807) is 0 Å². The van der Waals surface area contributed by atoms with Crippen LogP contribution in [0.1, 0.15) is 38.2 Å². The fourth-order valence-corrected chi connectivity index (χ4v) is 2.11. The molecule has 0 aromatic heterocycles. The maximum atomic E-state index is 5.79. The van der Waals surface area contributed by atoms with Crippen LogP contribution in [0.2, 0.25) is 0 Å². The Bertz CT molecular complexity index is 373. The number of nitrogens with zero attached hydrogens (tertiary/aromatic N) is 1. The Balaban J connectivity index is 1.62. The third kappa shape index (κ3) is 5.93. The van der Waals surface area contributed by atoms with Gasteiger partial charge in [-0.2, -0.15) is 0 Å². The molecule has 1 aromatic carbocycles. The molecular formula is C17H28N2O. The molecule has 0 bridgehead atoms. The van der Waals surface area contributed by atoms with Crippen molar-refractivity contribution in [2.45, 2.75) is 45.2 Å². The lowest BCUT2D eigenvalue weighted by atomic mass is 10.2. The normalized spacial score (nSPS) is 14.8. The van der Waals surface area contributed by atoms with E-state index in [0.29, 0.717) is 0 Å². The van der Waals surface area contributed by atoms with Gasteiger partial charge in [-0.1, -0.05) is 25.5 Å². The largest absolute Gasteiger partial charge is 0.492 e. The highest BCUT2D eigenvalue weighted by atomic mass is 16.5. The van der Waals surface area contributed by atoms with E-state index in [-0.39, 0.29) is 0 Å². The third-order valence-electron chi connectivity index (χ3n) is 3.73. The lowest BCUT2D eigenvalue weighted by Gasteiger charge is -2.16. The summed E-state index contributed by atoms with van der Waals surface area (Å²) >= 11 is 0. The second-order valence-electron chi connectivity index (χ2n) is 5.80.